The van der Waals surface area contributed by atoms with Gasteiger partial charge in [0.05, 0.1) is 75.9 Å². The van der Waals surface area contributed by atoms with Crippen LogP contribution in [-0.2, 0) is 23.7 Å². The Morgan fingerprint density at radius 1 is 0.793 bits per heavy atom. The van der Waals surface area contributed by atoms with Crippen LogP contribution in [0.2, 0.25) is 0 Å². The van der Waals surface area contributed by atoms with Gasteiger partial charge in [-0.1, -0.05) is 76.2 Å². The second kappa shape index (κ2) is 17.3. The highest BCUT2D eigenvalue weighted by molar-refractivity contribution is 5.86. The molecule has 58 heavy (non-hydrogen) atoms. The van der Waals surface area contributed by atoms with Crippen molar-refractivity contribution >= 4 is 18.1 Å². The van der Waals surface area contributed by atoms with E-state index < -0.39 is 36.3 Å². The van der Waals surface area contributed by atoms with Crippen LogP contribution in [0, 0.1) is 11.8 Å². The highest BCUT2D eigenvalue weighted by Gasteiger charge is 2.53. The highest BCUT2D eigenvalue weighted by atomic mass is 16.7. The minimum Gasteiger partial charge on any atom is -0.453 e. The van der Waals surface area contributed by atoms with Gasteiger partial charge in [0.25, 0.3) is 0 Å². The van der Waals surface area contributed by atoms with E-state index in [1.807, 2.05) is 56.9 Å². The first-order chi connectivity index (χ1) is 27.9. The normalized spacial score (nSPS) is 20.7. The van der Waals surface area contributed by atoms with E-state index in [2.05, 4.69) is 49.9 Å². The van der Waals surface area contributed by atoms with E-state index in [4.69, 9.17) is 23.9 Å². The Labute approximate surface area is 338 Å². The summed E-state index contributed by atoms with van der Waals surface area (Å²) in [5, 5.41) is 17.1. The highest BCUT2D eigenvalue weighted by Crippen LogP contribution is 2.44. The number of methoxy groups -OCH3 is 2. The Morgan fingerprint density at radius 3 is 1.83 bits per heavy atom. The minimum absolute atomic E-state index is 0.0913. The van der Waals surface area contributed by atoms with E-state index in [-0.39, 0.29) is 29.8 Å². The predicted molar refractivity (Wildman–Crippen MR) is 214 cm³/mol. The zero-order valence-corrected chi connectivity index (χ0v) is 33.9. The first-order valence-electron chi connectivity index (χ1n) is 19.9. The second-order valence-electron chi connectivity index (χ2n) is 15.9. The number of aromatic amines is 2. The maximum Gasteiger partial charge on any atom is 0.407 e. The molecular weight excluding hydrogens is 745 g/mol. The van der Waals surface area contributed by atoms with Gasteiger partial charge in [-0.3, -0.25) is 9.69 Å². The van der Waals surface area contributed by atoms with Crippen LogP contribution in [0.3, 0.4) is 0 Å². The monoisotopic (exact) mass is 798 g/mol. The standard InChI is InChI=1S/C42H54N8O8/c1-24(2)34(47-40(53)55-5)38(51)49-17-7-8-32(49)36-43-21-30(45-36)28-13-9-26(10-14-28)27-11-15-29(16-12-27)31-22-44-37(46-31)33-20-42(57-18-19-58-42)23-50(33)39(52)35(25(3)4)48-41(54)56-6/h9-16,21-22,24-25,32-35,39,52H,7-8,17-20,23H2,1-6H3,(H,43,45)(H,44,46)(H,47,53)(H,48,54). The van der Waals surface area contributed by atoms with Crippen molar-refractivity contribution in [3.63, 3.8) is 0 Å². The van der Waals surface area contributed by atoms with Crippen molar-refractivity contribution in [1.82, 2.24) is 40.4 Å². The van der Waals surface area contributed by atoms with Gasteiger partial charge in [-0.05, 0) is 46.9 Å². The Hall–Kier alpha value is -5.29. The third-order valence-corrected chi connectivity index (χ3v) is 11.5. The first-order valence-corrected chi connectivity index (χ1v) is 19.9. The fourth-order valence-corrected chi connectivity index (χ4v) is 8.27. The molecule has 3 aliphatic heterocycles. The number of imidazole rings is 2. The number of hydrogen-bond acceptors (Lipinski definition) is 11. The number of ether oxygens (including phenoxy) is 4. The van der Waals surface area contributed by atoms with E-state index in [1.165, 1.54) is 14.2 Å². The molecule has 0 radical (unpaired) electrons. The van der Waals surface area contributed by atoms with Crippen LogP contribution in [0.5, 0.6) is 0 Å². The molecule has 3 saturated heterocycles. The van der Waals surface area contributed by atoms with Crippen molar-refractivity contribution in [3.05, 3.63) is 72.6 Å². The summed E-state index contributed by atoms with van der Waals surface area (Å²) in [6, 6.07) is 14.6. The van der Waals surface area contributed by atoms with Gasteiger partial charge in [-0.25, -0.2) is 19.6 Å². The van der Waals surface area contributed by atoms with Gasteiger partial charge in [0, 0.05) is 13.0 Å². The SMILES string of the molecule is COC(=O)NC(C(=O)N1CCCC1c1ncc(-c2ccc(-c3ccc(-c4cnc(C5CC6(CN5C(O)C(NC(=O)OC)C(C)C)OCCO6)[nH]4)cc3)cc2)[nH]1)C(C)C. The van der Waals surface area contributed by atoms with Crippen molar-refractivity contribution in [2.45, 2.75) is 83.1 Å². The first kappa shape index (κ1) is 40.9. The molecule has 5 unspecified atom stereocenters. The van der Waals surface area contributed by atoms with Crippen molar-refractivity contribution in [3.8, 4) is 33.6 Å². The molecular formula is C42H54N8O8. The van der Waals surface area contributed by atoms with Crippen LogP contribution < -0.4 is 10.6 Å². The molecule has 3 fully saturated rings. The lowest BCUT2D eigenvalue weighted by Gasteiger charge is -2.35. The molecule has 16 heteroatoms. The Bertz CT molecular complexity index is 2040. The number of likely N-dealkylation sites (tertiary alicyclic amines) is 2. The molecule has 5 N–H and O–H groups in total. The van der Waals surface area contributed by atoms with Crippen molar-refractivity contribution in [2.75, 3.05) is 40.5 Å². The average Bonchev–Trinajstić information content (AvgIpc) is 4.09. The number of carbonyl (C=O) groups excluding carboxylic acids is 3. The molecule has 2 aromatic heterocycles. The van der Waals surface area contributed by atoms with Crippen LogP contribution in [0.25, 0.3) is 33.6 Å². The summed E-state index contributed by atoms with van der Waals surface area (Å²) in [4.78, 5) is 57.7. The molecule has 7 rings (SSSR count). The topological polar surface area (TPSA) is 196 Å². The molecule has 3 aliphatic rings. The number of aromatic nitrogens is 4. The fraction of sp³-hybridized carbons (Fsp3) is 0.500. The largest absolute Gasteiger partial charge is 0.453 e. The Kier molecular flexibility index (Phi) is 12.2. The van der Waals surface area contributed by atoms with Gasteiger partial charge >= 0.3 is 12.2 Å². The van der Waals surface area contributed by atoms with Gasteiger partial charge in [-0.15, -0.1) is 0 Å². The number of aliphatic hydroxyl groups excluding tert-OH is 1. The van der Waals surface area contributed by atoms with Gasteiger partial charge in [-0.2, -0.15) is 0 Å². The van der Waals surface area contributed by atoms with Crippen molar-refractivity contribution in [1.29, 1.82) is 0 Å². The number of H-pyrrole nitrogens is 2. The number of nitrogens with zero attached hydrogens (tertiary/aromatic N) is 4. The molecule has 0 saturated carbocycles. The number of benzene rings is 2. The summed E-state index contributed by atoms with van der Waals surface area (Å²) >= 11 is 0. The van der Waals surface area contributed by atoms with E-state index in [1.54, 1.807) is 17.3 Å². The summed E-state index contributed by atoms with van der Waals surface area (Å²) in [7, 11) is 2.59. The minimum atomic E-state index is -1.06. The van der Waals surface area contributed by atoms with Crippen LogP contribution in [0.1, 0.15) is 70.7 Å². The molecule has 16 nitrogen and oxygen atoms in total. The second-order valence-corrected chi connectivity index (χ2v) is 15.9. The van der Waals surface area contributed by atoms with E-state index >= 15 is 0 Å². The van der Waals surface area contributed by atoms with Gasteiger partial charge in [0.2, 0.25) is 5.91 Å². The number of alkyl carbamates (subject to hydrolysis) is 2. The van der Waals surface area contributed by atoms with E-state index in [0.29, 0.717) is 38.5 Å². The molecule has 2 aromatic carbocycles. The third kappa shape index (κ3) is 8.46. The van der Waals surface area contributed by atoms with E-state index in [9.17, 15) is 19.5 Å². The smallest absolute Gasteiger partial charge is 0.407 e. The quantitative estimate of drug-likeness (QED) is 0.124. The van der Waals surface area contributed by atoms with Crippen LogP contribution in [0.4, 0.5) is 9.59 Å². The van der Waals surface area contributed by atoms with Gasteiger partial charge in [0.1, 0.15) is 23.9 Å². The molecule has 5 atom stereocenters. The van der Waals surface area contributed by atoms with Crippen molar-refractivity contribution < 1.29 is 38.4 Å². The molecule has 310 valence electrons. The summed E-state index contributed by atoms with van der Waals surface area (Å²) in [6.45, 7) is 9.49. The number of nitrogens with one attached hydrogen (secondary N) is 4. The van der Waals surface area contributed by atoms with E-state index in [0.717, 1.165) is 52.3 Å². The van der Waals surface area contributed by atoms with Gasteiger partial charge < -0.3 is 49.6 Å². The zero-order valence-electron chi connectivity index (χ0n) is 33.9. The van der Waals surface area contributed by atoms with Crippen LogP contribution in [-0.4, -0.2) is 118 Å². The number of rotatable bonds is 12. The third-order valence-electron chi connectivity index (χ3n) is 11.5. The summed E-state index contributed by atoms with van der Waals surface area (Å²) in [5.41, 5.74) is 5.68. The average molecular weight is 799 g/mol. The number of amides is 3. The zero-order chi connectivity index (χ0) is 41.1. The fourth-order valence-electron chi connectivity index (χ4n) is 8.27. The van der Waals surface area contributed by atoms with Crippen LogP contribution >= 0.6 is 0 Å². The molecule has 1 spiro atoms. The molecule has 5 heterocycles. The lowest BCUT2D eigenvalue weighted by molar-refractivity contribution is -0.154. The summed E-state index contributed by atoms with van der Waals surface area (Å²) in [5.74, 6) is 0.161. The Balaban J connectivity index is 1.03. The lowest BCUT2D eigenvalue weighted by atomic mass is 10.0. The molecule has 0 bridgehead atoms. The number of aliphatic hydroxyl groups is 1. The van der Waals surface area contributed by atoms with Crippen molar-refractivity contribution in [2.24, 2.45) is 11.8 Å². The predicted octanol–water partition coefficient (Wildman–Crippen LogP) is 5.37. The summed E-state index contributed by atoms with van der Waals surface area (Å²) < 4.78 is 21.7. The summed E-state index contributed by atoms with van der Waals surface area (Å²) in [6.07, 6.45) is 3.37. The number of carbonyl (C=O) groups is 3. The maximum atomic E-state index is 13.6. The lowest BCUT2D eigenvalue weighted by Crippen LogP contribution is -2.55. The number of hydrogen-bond donors (Lipinski definition) is 5. The Morgan fingerprint density at radius 2 is 1.31 bits per heavy atom. The molecule has 0 aliphatic carbocycles. The van der Waals surface area contributed by atoms with Gasteiger partial charge in [0.15, 0.2) is 5.79 Å². The molecule has 3 amide bonds. The molecule has 4 aromatic rings. The maximum absolute atomic E-state index is 13.6. The van der Waals surface area contributed by atoms with Crippen LogP contribution in [0.15, 0.2) is 60.9 Å².